The fourth-order valence-corrected chi connectivity index (χ4v) is 5.29. The van der Waals surface area contributed by atoms with E-state index in [1.54, 1.807) is 6.07 Å². The minimum absolute atomic E-state index is 0.0275. The Kier molecular flexibility index (Phi) is 5.91. The molecular weight excluding hydrogens is 368 g/mol. The highest BCUT2D eigenvalue weighted by Crippen LogP contribution is 2.26. The quantitative estimate of drug-likeness (QED) is 0.829. The van der Waals surface area contributed by atoms with Gasteiger partial charge in [0.15, 0.2) is 0 Å². The van der Waals surface area contributed by atoms with Gasteiger partial charge in [-0.15, -0.1) is 11.3 Å². The summed E-state index contributed by atoms with van der Waals surface area (Å²) < 4.78 is 33.8. The van der Waals surface area contributed by atoms with Gasteiger partial charge in [0.2, 0.25) is 10.0 Å². The van der Waals surface area contributed by atoms with Crippen molar-refractivity contribution in [1.82, 2.24) is 9.62 Å². The molecule has 1 aromatic heterocycles. The van der Waals surface area contributed by atoms with Gasteiger partial charge in [-0.1, -0.05) is 41.9 Å². The second-order valence-corrected chi connectivity index (χ2v) is 9.19. The van der Waals surface area contributed by atoms with Crippen molar-refractivity contribution >= 4 is 33.0 Å². The normalized spacial score (nSPS) is 17.7. The number of halogens is 1. The topological polar surface area (TPSA) is 58.6 Å². The van der Waals surface area contributed by atoms with E-state index < -0.39 is 10.0 Å². The number of nitrogens with zero attached hydrogens (tertiary/aromatic N) is 1. The summed E-state index contributed by atoms with van der Waals surface area (Å²) in [4.78, 5) is 2.25. The molecule has 1 aliphatic heterocycles. The van der Waals surface area contributed by atoms with Crippen LogP contribution in [0.3, 0.4) is 0 Å². The molecule has 2 heterocycles. The number of ether oxygens (including phenoxy) is 1. The van der Waals surface area contributed by atoms with Gasteiger partial charge in [0, 0.05) is 25.7 Å². The SMILES string of the molecule is O=S(=O)(NCC(c1ccccc1)N1CCOCC1)c1ccc(Cl)s1. The summed E-state index contributed by atoms with van der Waals surface area (Å²) in [5, 5.41) is 0. The smallest absolute Gasteiger partial charge is 0.250 e. The lowest BCUT2D eigenvalue weighted by molar-refractivity contribution is 0.0172. The zero-order chi connectivity index (χ0) is 17.0. The molecular formula is C16H19ClN2O3S2. The summed E-state index contributed by atoms with van der Waals surface area (Å²) in [5.74, 6) is 0. The van der Waals surface area contributed by atoms with Crippen LogP contribution in [0.5, 0.6) is 0 Å². The third-order valence-electron chi connectivity index (χ3n) is 3.95. The predicted octanol–water partition coefficient (Wildman–Crippen LogP) is 2.75. The predicted molar refractivity (Wildman–Crippen MR) is 96.1 cm³/mol. The van der Waals surface area contributed by atoms with Gasteiger partial charge in [-0.25, -0.2) is 13.1 Å². The Bertz CT molecular complexity index is 759. The van der Waals surface area contributed by atoms with E-state index in [0.29, 0.717) is 24.1 Å². The summed E-state index contributed by atoms with van der Waals surface area (Å²) in [5.41, 5.74) is 1.09. The van der Waals surface area contributed by atoms with Crippen LogP contribution in [-0.2, 0) is 14.8 Å². The molecule has 1 saturated heterocycles. The summed E-state index contributed by atoms with van der Waals surface area (Å²) in [7, 11) is -3.56. The Morgan fingerprint density at radius 2 is 1.88 bits per heavy atom. The molecule has 0 aliphatic carbocycles. The molecule has 0 saturated carbocycles. The first-order valence-electron chi connectivity index (χ1n) is 7.68. The van der Waals surface area contributed by atoms with Gasteiger partial charge in [-0.2, -0.15) is 0 Å². The summed E-state index contributed by atoms with van der Waals surface area (Å²) in [6.07, 6.45) is 0. The van der Waals surface area contributed by atoms with Gasteiger partial charge in [-0.05, 0) is 17.7 Å². The Balaban J connectivity index is 1.76. The van der Waals surface area contributed by atoms with Gasteiger partial charge >= 0.3 is 0 Å². The molecule has 1 aliphatic rings. The third kappa shape index (κ3) is 4.36. The molecule has 3 rings (SSSR count). The zero-order valence-electron chi connectivity index (χ0n) is 13.0. The highest BCUT2D eigenvalue weighted by atomic mass is 35.5. The van der Waals surface area contributed by atoms with Gasteiger partial charge < -0.3 is 4.74 Å². The highest BCUT2D eigenvalue weighted by Gasteiger charge is 2.25. The Labute approximate surface area is 151 Å². The van der Waals surface area contributed by atoms with Crippen LogP contribution in [0.2, 0.25) is 4.34 Å². The second-order valence-electron chi connectivity index (χ2n) is 5.49. The van der Waals surface area contributed by atoms with Crippen LogP contribution in [0.15, 0.2) is 46.7 Å². The molecule has 2 aromatic rings. The average molecular weight is 387 g/mol. The molecule has 1 unspecified atom stereocenters. The van der Waals surface area contributed by atoms with Gasteiger partial charge in [0.1, 0.15) is 4.21 Å². The molecule has 5 nitrogen and oxygen atoms in total. The van der Waals surface area contributed by atoms with Crippen molar-refractivity contribution in [3.8, 4) is 0 Å². The maximum Gasteiger partial charge on any atom is 0.250 e. The van der Waals surface area contributed by atoms with Crippen LogP contribution in [-0.4, -0.2) is 46.2 Å². The summed E-state index contributed by atoms with van der Waals surface area (Å²) in [6, 6.07) is 13.0. The van der Waals surface area contributed by atoms with Gasteiger partial charge in [-0.3, -0.25) is 4.90 Å². The first kappa shape index (κ1) is 17.8. The number of benzene rings is 1. The summed E-state index contributed by atoms with van der Waals surface area (Å²) in [6.45, 7) is 3.20. The molecule has 0 spiro atoms. The van der Waals surface area contributed by atoms with E-state index in [0.717, 1.165) is 30.0 Å². The van der Waals surface area contributed by atoms with Crippen LogP contribution in [0, 0.1) is 0 Å². The highest BCUT2D eigenvalue weighted by molar-refractivity contribution is 7.91. The van der Waals surface area contributed by atoms with E-state index in [9.17, 15) is 8.42 Å². The molecule has 8 heteroatoms. The number of hydrogen-bond acceptors (Lipinski definition) is 5. The molecule has 0 amide bonds. The van der Waals surface area contributed by atoms with Crippen LogP contribution in [0.1, 0.15) is 11.6 Å². The Morgan fingerprint density at radius 3 is 2.50 bits per heavy atom. The van der Waals surface area contributed by atoms with Crippen molar-refractivity contribution in [3.63, 3.8) is 0 Å². The maximum atomic E-state index is 12.5. The van der Waals surface area contributed by atoms with E-state index >= 15 is 0 Å². The molecule has 1 fully saturated rings. The zero-order valence-corrected chi connectivity index (χ0v) is 15.4. The molecule has 1 N–H and O–H groups in total. The monoisotopic (exact) mass is 386 g/mol. The molecule has 24 heavy (non-hydrogen) atoms. The standard InChI is InChI=1S/C16H19ClN2O3S2/c17-15-6-7-16(23-15)24(20,21)18-12-14(13-4-2-1-3-5-13)19-8-10-22-11-9-19/h1-7,14,18H,8-12H2. The van der Waals surface area contributed by atoms with Crippen molar-refractivity contribution in [2.24, 2.45) is 0 Å². The Morgan fingerprint density at radius 1 is 1.17 bits per heavy atom. The number of rotatable bonds is 6. The number of nitrogens with one attached hydrogen (secondary N) is 1. The van der Waals surface area contributed by atoms with E-state index in [4.69, 9.17) is 16.3 Å². The average Bonchev–Trinajstić information content (AvgIpc) is 3.04. The fourth-order valence-electron chi connectivity index (χ4n) is 2.72. The fraction of sp³-hybridized carbons (Fsp3) is 0.375. The van der Waals surface area contributed by atoms with Crippen molar-refractivity contribution in [3.05, 3.63) is 52.4 Å². The number of morpholine rings is 1. The number of hydrogen-bond donors (Lipinski definition) is 1. The molecule has 0 radical (unpaired) electrons. The van der Waals surface area contributed by atoms with E-state index in [1.807, 2.05) is 30.3 Å². The van der Waals surface area contributed by atoms with Crippen LogP contribution in [0.25, 0.3) is 0 Å². The molecule has 1 atom stereocenters. The lowest BCUT2D eigenvalue weighted by atomic mass is 10.1. The minimum Gasteiger partial charge on any atom is -0.379 e. The van der Waals surface area contributed by atoms with Crippen LogP contribution >= 0.6 is 22.9 Å². The van der Waals surface area contributed by atoms with Crippen molar-refractivity contribution in [1.29, 1.82) is 0 Å². The Hall–Kier alpha value is -0.960. The molecule has 1 aromatic carbocycles. The van der Waals surface area contributed by atoms with E-state index in [2.05, 4.69) is 9.62 Å². The second kappa shape index (κ2) is 7.95. The summed E-state index contributed by atoms with van der Waals surface area (Å²) >= 11 is 6.91. The van der Waals surface area contributed by atoms with Crippen molar-refractivity contribution in [2.75, 3.05) is 32.8 Å². The first-order valence-corrected chi connectivity index (χ1v) is 10.4. The van der Waals surface area contributed by atoms with Crippen molar-refractivity contribution in [2.45, 2.75) is 10.3 Å². The van der Waals surface area contributed by atoms with Crippen molar-refractivity contribution < 1.29 is 13.2 Å². The number of sulfonamides is 1. The van der Waals surface area contributed by atoms with Gasteiger partial charge in [0.05, 0.1) is 17.6 Å². The number of thiophene rings is 1. The van der Waals surface area contributed by atoms with Crippen LogP contribution < -0.4 is 4.72 Å². The molecule has 130 valence electrons. The minimum atomic E-state index is -3.56. The van der Waals surface area contributed by atoms with E-state index in [-0.39, 0.29) is 10.3 Å². The lowest BCUT2D eigenvalue weighted by Gasteiger charge is -2.34. The van der Waals surface area contributed by atoms with Crippen LogP contribution in [0.4, 0.5) is 0 Å². The van der Waals surface area contributed by atoms with Gasteiger partial charge in [0.25, 0.3) is 0 Å². The molecule has 0 bridgehead atoms. The third-order valence-corrected chi connectivity index (χ3v) is 7.10. The largest absolute Gasteiger partial charge is 0.379 e. The maximum absolute atomic E-state index is 12.5. The lowest BCUT2D eigenvalue weighted by Crippen LogP contribution is -2.43. The van der Waals surface area contributed by atoms with E-state index in [1.165, 1.54) is 6.07 Å². The first-order chi connectivity index (χ1) is 11.6.